The van der Waals surface area contributed by atoms with Crippen molar-refractivity contribution in [3.05, 3.63) is 157 Å². The summed E-state index contributed by atoms with van der Waals surface area (Å²) in [6.07, 6.45) is 0. The third-order valence-corrected chi connectivity index (χ3v) is 8.40. The van der Waals surface area contributed by atoms with E-state index in [1.807, 2.05) is 49.4 Å². The highest BCUT2D eigenvalue weighted by Gasteiger charge is 2.14. The molecule has 3 heterocycles. The summed E-state index contributed by atoms with van der Waals surface area (Å²) in [5.74, 6) is 0.698. The molecular formula is C42H30N4. The first-order valence-electron chi connectivity index (χ1n) is 15.5. The predicted molar refractivity (Wildman–Crippen MR) is 189 cm³/mol. The summed E-state index contributed by atoms with van der Waals surface area (Å²) < 4.78 is 0. The molecule has 0 aliphatic heterocycles. The molecule has 4 heteroatoms. The van der Waals surface area contributed by atoms with Crippen LogP contribution < -0.4 is 0 Å². The quantitative estimate of drug-likeness (QED) is 0.187. The molecule has 8 rings (SSSR count). The van der Waals surface area contributed by atoms with Gasteiger partial charge in [0.2, 0.25) is 0 Å². The molecule has 46 heavy (non-hydrogen) atoms. The lowest BCUT2D eigenvalue weighted by molar-refractivity contribution is 1.18. The number of aromatic nitrogens is 4. The maximum Gasteiger partial charge on any atom is 0.160 e. The summed E-state index contributed by atoms with van der Waals surface area (Å²) in [5.41, 5.74) is 13.2. The van der Waals surface area contributed by atoms with Crippen LogP contribution in [0.25, 0.3) is 78.0 Å². The van der Waals surface area contributed by atoms with Crippen LogP contribution in [-0.4, -0.2) is 19.9 Å². The maximum absolute atomic E-state index is 5.05. The van der Waals surface area contributed by atoms with E-state index in [9.17, 15) is 0 Å². The Kier molecular flexibility index (Phi) is 6.88. The first-order chi connectivity index (χ1) is 22.6. The number of nitrogens with zero attached hydrogens (tertiary/aromatic N) is 4. The largest absolute Gasteiger partial charge is 0.251 e. The molecule has 0 aliphatic rings. The van der Waals surface area contributed by atoms with Crippen LogP contribution in [0.5, 0.6) is 0 Å². The minimum absolute atomic E-state index is 0.698. The number of rotatable bonds is 5. The van der Waals surface area contributed by atoms with Gasteiger partial charge in [0.25, 0.3) is 0 Å². The number of fused-ring (bicyclic) bond motifs is 3. The summed E-state index contributed by atoms with van der Waals surface area (Å²) in [6, 6.07) is 50.6. The molecule has 0 spiro atoms. The molecule has 218 valence electrons. The van der Waals surface area contributed by atoms with Crippen molar-refractivity contribution in [2.24, 2.45) is 0 Å². The summed E-state index contributed by atoms with van der Waals surface area (Å²) in [6.45, 7) is 4.08. The Labute approximate surface area is 268 Å². The van der Waals surface area contributed by atoms with Gasteiger partial charge in [-0.2, -0.15) is 0 Å². The van der Waals surface area contributed by atoms with Gasteiger partial charge in [0.15, 0.2) is 5.82 Å². The molecule has 0 fully saturated rings. The average molecular weight is 591 g/mol. The monoisotopic (exact) mass is 590 g/mol. The fraction of sp³-hybridized carbons (Fsp3) is 0.0476. The standard InChI is InChI=1S/C42H30N4/c1-27-19-20-31-21-22-36-37(23-28(2)44-41(36)40(31)43-27)34-17-9-15-32(24-34)33-16-10-18-35(25-33)42-45-38(29-11-5-3-6-12-29)26-39(46-42)30-13-7-4-8-14-30/h3-26H,1-2H3. The Hall–Kier alpha value is -6.00. The second-order valence-corrected chi connectivity index (χ2v) is 11.7. The van der Waals surface area contributed by atoms with E-state index in [0.29, 0.717) is 5.82 Å². The second kappa shape index (κ2) is 11.5. The van der Waals surface area contributed by atoms with Crippen molar-refractivity contribution in [3.63, 3.8) is 0 Å². The molecule has 8 aromatic rings. The predicted octanol–water partition coefficient (Wildman–Crippen LogP) is 10.5. The van der Waals surface area contributed by atoms with Crippen molar-refractivity contribution in [2.75, 3.05) is 0 Å². The molecule has 5 aromatic carbocycles. The topological polar surface area (TPSA) is 51.6 Å². The molecule has 0 saturated heterocycles. The van der Waals surface area contributed by atoms with Crippen molar-refractivity contribution in [1.29, 1.82) is 0 Å². The lowest BCUT2D eigenvalue weighted by Gasteiger charge is -2.13. The van der Waals surface area contributed by atoms with Gasteiger partial charge in [-0.15, -0.1) is 0 Å². The van der Waals surface area contributed by atoms with Crippen LogP contribution in [0, 0.1) is 13.8 Å². The number of hydrogen-bond acceptors (Lipinski definition) is 4. The lowest BCUT2D eigenvalue weighted by atomic mass is 9.95. The zero-order valence-electron chi connectivity index (χ0n) is 25.6. The van der Waals surface area contributed by atoms with E-state index in [2.05, 4.69) is 110 Å². The Bertz CT molecular complexity index is 2320. The van der Waals surface area contributed by atoms with Gasteiger partial charge in [0.05, 0.1) is 22.4 Å². The zero-order chi connectivity index (χ0) is 31.0. The molecule has 3 aromatic heterocycles. The summed E-state index contributed by atoms with van der Waals surface area (Å²) >= 11 is 0. The van der Waals surface area contributed by atoms with Gasteiger partial charge in [-0.1, -0.05) is 115 Å². The summed E-state index contributed by atoms with van der Waals surface area (Å²) in [7, 11) is 0. The van der Waals surface area contributed by atoms with Crippen LogP contribution in [0.1, 0.15) is 11.4 Å². The van der Waals surface area contributed by atoms with Crippen molar-refractivity contribution >= 4 is 21.8 Å². The average Bonchev–Trinajstić information content (AvgIpc) is 3.12. The first kappa shape index (κ1) is 27.5. The Morgan fingerprint density at radius 1 is 0.370 bits per heavy atom. The third-order valence-electron chi connectivity index (χ3n) is 8.40. The third kappa shape index (κ3) is 5.20. The van der Waals surface area contributed by atoms with Gasteiger partial charge in [0, 0.05) is 38.9 Å². The molecule has 0 amide bonds. The second-order valence-electron chi connectivity index (χ2n) is 11.7. The lowest BCUT2D eigenvalue weighted by Crippen LogP contribution is -1.96. The number of hydrogen-bond donors (Lipinski definition) is 0. The van der Waals surface area contributed by atoms with E-state index in [1.165, 1.54) is 0 Å². The first-order valence-corrected chi connectivity index (χ1v) is 15.5. The van der Waals surface area contributed by atoms with E-state index in [0.717, 1.165) is 83.5 Å². The molecule has 0 aliphatic carbocycles. The Balaban J connectivity index is 1.23. The van der Waals surface area contributed by atoms with Gasteiger partial charge in [0.1, 0.15) is 0 Å². The minimum atomic E-state index is 0.698. The Morgan fingerprint density at radius 3 is 1.59 bits per heavy atom. The Morgan fingerprint density at radius 2 is 0.913 bits per heavy atom. The number of aryl methyl sites for hydroxylation is 2. The van der Waals surface area contributed by atoms with E-state index in [1.54, 1.807) is 0 Å². The van der Waals surface area contributed by atoms with Gasteiger partial charge in [-0.25, -0.2) is 9.97 Å². The van der Waals surface area contributed by atoms with Crippen molar-refractivity contribution in [3.8, 4) is 56.2 Å². The van der Waals surface area contributed by atoms with Crippen LogP contribution in [0.15, 0.2) is 146 Å². The maximum atomic E-state index is 5.05. The summed E-state index contributed by atoms with van der Waals surface area (Å²) in [4.78, 5) is 19.9. The fourth-order valence-corrected chi connectivity index (χ4v) is 6.13. The van der Waals surface area contributed by atoms with Crippen molar-refractivity contribution in [2.45, 2.75) is 13.8 Å². The summed E-state index contributed by atoms with van der Waals surface area (Å²) in [5, 5.41) is 2.20. The highest BCUT2D eigenvalue weighted by atomic mass is 14.9. The molecule has 0 bridgehead atoms. The minimum Gasteiger partial charge on any atom is -0.251 e. The molecule has 0 N–H and O–H groups in total. The SMILES string of the molecule is Cc1ccc2ccc3c(-c4cccc(-c5cccc(-c6nc(-c7ccccc7)cc(-c7ccccc7)n6)c5)c4)cc(C)nc3c2n1. The zero-order valence-corrected chi connectivity index (χ0v) is 25.6. The highest BCUT2D eigenvalue weighted by Crippen LogP contribution is 2.35. The molecular weight excluding hydrogens is 560 g/mol. The molecule has 0 unspecified atom stereocenters. The smallest absolute Gasteiger partial charge is 0.160 e. The van der Waals surface area contributed by atoms with Gasteiger partial charge >= 0.3 is 0 Å². The van der Waals surface area contributed by atoms with Gasteiger partial charge in [-0.05, 0) is 66.4 Å². The van der Waals surface area contributed by atoms with Crippen LogP contribution >= 0.6 is 0 Å². The fourth-order valence-electron chi connectivity index (χ4n) is 6.13. The van der Waals surface area contributed by atoms with E-state index < -0.39 is 0 Å². The van der Waals surface area contributed by atoms with E-state index >= 15 is 0 Å². The van der Waals surface area contributed by atoms with Crippen LogP contribution in [0.3, 0.4) is 0 Å². The molecule has 0 radical (unpaired) electrons. The highest BCUT2D eigenvalue weighted by molar-refractivity contribution is 6.08. The van der Waals surface area contributed by atoms with Crippen LogP contribution in [0.2, 0.25) is 0 Å². The van der Waals surface area contributed by atoms with Gasteiger partial charge in [-0.3, -0.25) is 9.97 Å². The molecule has 4 nitrogen and oxygen atoms in total. The van der Waals surface area contributed by atoms with E-state index in [-0.39, 0.29) is 0 Å². The molecule has 0 atom stereocenters. The van der Waals surface area contributed by atoms with Crippen molar-refractivity contribution in [1.82, 2.24) is 19.9 Å². The van der Waals surface area contributed by atoms with Gasteiger partial charge < -0.3 is 0 Å². The van der Waals surface area contributed by atoms with E-state index in [4.69, 9.17) is 19.9 Å². The van der Waals surface area contributed by atoms with Crippen LogP contribution in [-0.2, 0) is 0 Å². The number of pyridine rings is 2. The van der Waals surface area contributed by atoms with Crippen molar-refractivity contribution < 1.29 is 0 Å². The normalized spacial score (nSPS) is 11.3. The van der Waals surface area contributed by atoms with Crippen LogP contribution in [0.4, 0.5) is 0 Å². The number of benzene rings is 5. The molecule has 0 saturated carbocycles.